The number of aromatic nitrogens is 2. The standard InChI is InChI=1S/C28H20N2O4/c31-27(17-7-5-13-29-15-17)33-25-23-19-9-1-2-10-20(19)24(22-12-4-3-11-21(22)23)26(25)34-28(32)18-8-6-14-30-16-18/h1-16,23-26H. The molecule has 166 valence electrons. The first-order chi connectivity index (χ1) is 16.7. The van der Waals surface area contributed by atoms with E-state index in [0.29, 0.717) is 11.1 Å². The molecule has 0 aliphatic heterocycles. The van der Waals surface area contributed by atoms with Crippen molar-refractivity contribution in [1.82, 2.24) is 9.97 Å². The molecule has 0 saturated heterocycles. The molecule has 7 rings (SSSR count). The van der Waals surface area contributed by atoms with E-state index >= 15 is 0 Å². The van der Waals surface area contributed by atoms with Crippen LogP contribution in [0.15, 0.2) is 97.6 Å². The second kappa shape index (κ2) is 8.23. The minimum Gasteiger partial charge on any atom is -0.454 e. The van der Waals surface area contributed by atoms with Gasteiger partial charge in [-0.3, -0.25) is 9.97 Å². The minimum absolute atomic E-state index is 0.260. The first-order valence-electron chi connectivity index (χ1n) is 11.1. The zero-order valence-electron chi connectivity index (χ0n) is 18.1. The molecule has 0 N–H and O–H groups in total. The summed E-state index contributed by atoms with van der Waals surface area (Å²) in [6.45, 7) is 0. The molecule has 2 atom stereocenters. The van der Waals surface area contributed by atoms with Crippen LogP contribution in [0.2, 0.25) is 0 Å². The molecule has 0 fully saturated rings. The topological polar surface area (TPSA) is 78.4 Å². The summed E-state index contributed by atoms with van der Waals surface area (Å²) in [6.07, 6.45) is 4.77. The second-order valence-electron chi connectivity index (χ2n) is 8.44. The maximum absolute atomic E-state index is 13.1. The number of ether oxygens (including phenoxy) is 2. The smallest absolute Gasteiger partial charge is 0.340 e. The number of hydrogen-bond acceptors (Lipinski definition) is 6. The predicted octanol–water partition coefficient (Wildman–Crippen LogP) is 4.52. The van der Waals surface area contributed by atoms with Crippen molar-refractivity contribution in [2.75, 3.05) is 0 Å². The number of carbonyl (C=O) groups excluding carboxylic acids is 2. The van der Waals surface area contributed by atoms with E-state index < -0.39 is 24.1 Å². The van der Waals surface area contributed by atoms with Crippen LogP contribution in [0.1, 0.15) is 54.8 Å². The molecule has 0 saturated carbocycles. The average Bonchev–Trinajstić information content (AvgIpc) is 2.90. The summed E-state index contributed by atoms with van der Waals surface area (Å²) in [5.74, 6) is -1.51. The summed E-state index contributed by atoms with van der Waals surface area (Å²) in [5, 5.41) is 0. The molecule has 3 aliphatic carbocycles. The van der Waals surface area contributed by atoms with Gasteiger partial charge in [0.25, 0.3) is 0 Å². The molecule has 2 aromatic heterocycles. The van der Waals surface area contributed by atoms with Crippen molar-refractivity contribution in [3.05, 3.63) is 131 Å². The van der Waals surface area contributed by atoms with Gasteiger partial charge in [0.2, 0.25) is 0 Å². The molecule has 6 heteroatoms. The highest BCUT2D eigenvalue weighted by atomic mass is 16.6. The molecule has 2 aromatic carbocycles. The van der Waals surface area contributed by atoms with Gasteiger partial charge in [-0.1, -0.05) is 48.5 Å². The van der Waals surface area contributed by atoms with Crippen LogP contribution in [-0.2, 0) is 9.47 Å². The van der Waals surface area contributed by atoms with Gasteiger partial charge in [-0.25, -0.2) is 9.59 Å². The summed E-state index contributed by atoms with van der Waals surface area (Å²) in [4.78, 5) is 34.3. The molecule has 6 nitrogen and oxygen atoms in total. The number of esters is 2. The van der Waals surface area contributed by atoms with Crippen molar-refractivity contribution < 1.29 is 19.1 Å². The molecule has 2 heterocycles. The molecule has 0 amide bonds. The van der Waals surface area contributed by atoms with Crippen molar-refractivity contribution in [1.29, 1.82) is 0 Å². The molecular formula is C28H20N2O4. The van der Waals surface area contributed by atoms with Gasteiger partial charge in [-0.05, 0) is 46.5 Å². The van der Waals surface area contributed by atoms with Crippen molar-refractivity contribution >= 4 is 11.9 Å². The number of benzene rings is 2. The molecule has 0 spiro atoms. The van der Waals surface area contributed by atoms with Crippen LogP contribution in [-0.4, -0.2) is 34.1 Å². The third-order valence-electron chi connectivity index (χ3n) is 6.59. The van der Waals surface area contributed by atoms with Crippen molar-refractivity contribution in [2.45, 2.75) is 24.0 Å². The number of hydrogen-bond donors (Lipinski definition) is 0. The lowest BCUT2D eigenvalue weighted by Gasteiger charge is -2.49. The Morgan fingerprint density at radius 2 is 0.941 bits per heavy atom. The summed E-state index contributed by atoms with van der Waals surface area (Å²) in [5.41, 5.74) is 5.05. The maximum Gasteiger partial charge on any atom is 0.340 e. The quantitative estimate of drug-likeness (QED) is 0.427. The van der Waals surface area contributed by atoms with Gasteiger partial charge in [-0.15, -0.1) is 0 Å². The van der Waals surface area contributed by atoms with E-state index in [4.69, 9.17) is 9.47 Å². The highest BCUT2D eigenvalue weighted by Crippen LogP contribution is 2.54. The third-order valence-corrected chi connectivity index (χ3v) is 6.59. The van der Waals surface area contributed by atoms with Gasteiger partial charge >= 0.3 is 11.9 Å². The van der Waals surface area contributed by atoms with Crippen LogP contribution < -0.4 is 0 Å². The van der Waals surface area contributed by atoms with Gasteiger partial charge in [-0.2, -0.15) is 0 Å². The summed E-state index contributed by atoms with van der Waals surface area (Å²) in [6, 6.07) is 22.9. The summed E-state index contributed by atoms with van der Waals surface area (Å²) < 4.78 is 12.2. The molecular weight excluding hydrogens is 428 g/mol. The molecule has 3 aliphatic rings. The van der Waals surface area contributed by atoms with E-state index in [2.05, 4.69) is 34.2 Å². The first kappa shape index (κ1) is 20.3. The fourth-order valence-electron chi connectivity index (χ4n) is 5.20. The van der Waals surface area contributed by atoms with Gasteiger partial charge in [0.05, 0.1) is 23.0 Å². The number of rotatable bonds is 4. The highest BCUT2D eigenvalue weighted by molar-refractivity contribution is 5.90. The molecule has 2 unspecified atom stereocenters. The fourth-order valence-corrected chi connectivity index (χ4v) is 5.20. The van der Waals surface area contributed by atoms with Crippen LogP contribution in [0.5, 0.6) is 0 Å². The Hall–Kier alpha value is -4.32. The van der Waals surface area contributed by atoms with Crippen LogP contribution >= 0.6 is 0 Å². The van der Waals surface area contributed by atoms with Gasteiger partial charge < -0.3 is 9.47 Å². The SMILES string of the molecule is O=C(OC1C2c3ccccc3C(c3ccccc32)C1OC(=O)c1cccnc1)c1cccnc1. The Balaban J connectivity index is 1.46. The zero-order valence-corrected chi connectivity index (χ0v) is 18.1. The predicted molar refractivity (Wildman–Crippen MR) is 123 cm³/mol. The van der Waals surface area contributed by atoms with E-state index in [9.17, 15) is 9.59 Å². The number of nitrogens with zero attached hydrogens (tertiary/aromatic N) is 2. The Labute approximate surface area is 196 Å². The van der Waals surface area contributed by atoms with E-state index in [1.165, 1.54) is 12.4 Å². The van der Waals surface area contributed by atoms with Gasteiger partial charge in [0.15, 0.2) is 12.2 Å². The van der Waals surface area contributed by atoms with Crippen LogP contribution in [0.25, 0.3) is 0 Å². The second-order valence-corrected chi connectivity index (χ2v) is 8.44. The normalized spacial score (nSPS) is 21.8. The van der Waals surface area contributed by atoms with Crippen molar-refractivity contribution in [3.8, 4) is 0 Å². The zero-order chi connectivity index (χ0) is 23.1. The van der Waals surface area contributed by atoms with Crippen LogP contribution in [0.4, 0.5) is 0 Å². The summed E-state index contributed by atoms with van der Waals surface area (Å²) >= 11 is 0. The van der Waals surface area contributed by atoms with E-state index in [1.54, 1.807) is 36.7 Å². The minimum atomic E-state index is -0.692. The average molecular weight is 448 g/mol. The van der Waals surface area contributed by atoms with Crippen LogP contribution in [0.3, 0.4) is 0 Å². The Morgan fingerprint density at radius 3 is 1.26 bits per heavy atom. The van der Waals surface area contributed by atoms with E-state index in [0.717, 1.165) is 22.3 Å². The van der Waals surface area contributed by atoms with Gasteiger partial charge in [0.1, 0.15) is 0 Å². The lowest BCUT2D eigenvalue weighted by molar-refractivity contribution is -0.0557. The van der Waals surface area contributed by atoms with Crippen molar-refractivity contribution in [2.24, 2.45) is 0 Å². The van der Waals surface area contributed by atoms with Crippen LogP contribution in [0, 0.1) is 0 Å². The molecule has 34 heavy (non-hydrogen) atoms. The van der Waals surface area contributed by atoms with Crippen molar-refractivity contribution in [3.63, 3.8) is 0 Å². The number of fused-ring (bicyclic) bond motifs is 1. The molecule has 4 aromatic rings. The lowest BCUT2D eigenvalue weighted by Crippen LogP contribution is -2.51. The largest absolute Gasteiger partial charge is 0.454 e. The van der Waals surface area contributed by atoms with Gasteiger partial charge in [0, 0.05) is 24.8 Å². The first-order valence-corrected chi connectivity index (χ1v) is 11.1. The Bertz CT molecular complexity index is 1220. The Morgan fingerprint density at radius 1 is 0.559 bits per heavy atom. The monoisotopic (exact) mass is 448 g/mol. The Kier molecular flexibility index (Phi) is 4.91. The number of carbonyl (C=O) groups is 2. The number of pyridine rings is 2. The molecule has 2 bridgehead atoms. The maximum atomic E-state index is 13.1. The fraction of sp³-hybridized carbons (Fsp3) is 0.143. The summed E-state index contributed by atoms with van der Waals surface area (Å²) in [7, 11) is 0. The highest BCUT2D eigenvalue weighted by Gasteiger charge is 2.53. The van der Waals surface area contributed by atoms with E-state index in [-0.39, 0.29) is 11.8 Å². The van der Waals surface area contributed by atoms with E-state index in [1.807, 2.05) is 24.3 Å². The molecule has 0 radical (unpaired) electrons. The third kappa shape index (κ3) is 3.27. The lowest BCUT2D eigenvalue weighted by atomic mass is 9.61.